The van der Waals surface area contributed by atoms with Crippen LogP contribution in [0.3, 0.4) is 0 Å². The Kier molecular flexibility index (Phi) is 3.79. The van der Waals surface area contributed by atoms with Gasteiger partial charge in [0.2, 0.25) is 5.91 Å². The number of anilines is 1. The van der Waals surface area contributed by atoms with Crippen molar-refractivity contribution < 1.29 is 4.79 Å². The van der Waals surface area contributed by atoms with Gasteiger partial charge in [-0.25, -0.2) is 0 Å². The average molecular weight is 272 g/mol. The predicted octanol–water partition coefficient (Wildman–Crippen LogP) is 2.60. The summed E-state index contributed by atoms with van der Waals surface area (Å²) < 4.78 is 0. The van der Waals surface area contributed by atoms with Crippen LogP contribution in [0.5, 0.6) is 0 Å². The second kappa shape index (κ2) is 5.57. The monoisotopic (exact) mass is 272 g/mol. The van der Waals surface area contributed by atoms with Crippen LogP contribution in [0.1, 0.15) is 32.3 Å². The molecule has 0 aliphatic carbocycles. The summed E-state index contributed by atoms with van der Waals surface area (Å²) in [5.74, 6) is 1.06. The van der Waals surface area contributed by atoms with Crippen LogP contribution in [-0.2, 0) is 11.2 Å². The van der Waals surface area contributed by atoms with Crippen molar-refractivity contribution >= 4 is 11.6 Å². The average Bonchev–Trinajstić information content (AvgIpc) is 2.45. The van der Waals surface area contributed by atoms with E-state index in [1.807, 2.05) is 11.0 Å². The smallest absolute Gasteiger partial charge is 0.230 e. The standard InChI is InChI=1S/C17H24N2O/c1-12-9-14-5-3-4-6-16(14)19(11-12)17(20)15-7-8-18-13(2)10-15/h3-6,12-13,15,18H,7-11H2,1-2H3. The molecule has 108 valence electrons. The number of hydrogen-bond acceptors (Lipinski definition) is 2. The molecule has 1 amide bonds. The number of carbonyl (C=O) groups is 1. The van der Waals surface area contributed by atoms with Gasteiger partial charge in [-0.3, -0.25) is 4.79 Å². The van der Waals surface area contributed by atoms with E-state index in [0.29, 0.717) is 17.9 Å². The SMILES string of the molecule is CC1Cc2ccccc2N(C(=O)C2CCNC(C)C2)C1. The molecular formula is C17H24N2O. The second-order valence-corrected chi connectivity index (χ2v) is 6.46. The fourth-order valence-corrected chi connectivity index (χ4v) is 3.58. The Balaban J connectivity index is 1.84. The van der Waals surface area contributed by atoms with E-state index in [2.05, 4.69) is 37.4 Å². The topological polar surface area (TPSA) is 32.3 Å². The van der Waals surface area contributed by atoms with E-state index in [1.54, 1.807) is 0 Å². The van der Waals surface area contributed by atoms with E-state index in [-0.39, 0.29) is 5.92 Å². The fraction of sp³-hybridized carbons (Fsp3) is 0.588. The van der Waals surface area contributed by atoms with E-state index in [0.717, 1.165) is 38.0 Å². The summed E-state index contributed by atoms with van der Waals surface area (Å²) in [7, 11) is 0. The summed E-state index contributed by atoms with van der Waals surface area (Å²) in [5, 5.41) is 3.43. The Morgan fingerprint density at radius 1 is 1.30 bits per heavy atom. The third kappa shape index (κ3) is 2.59. The van der Waals surface area contributed by atoms with Gasteiger partial charge in [-0.05, 0) is 50.3 Å². The second-order valence-electron chi connectivity index (χ2n) is 6.46. The number of rotatable bonds is 1. The molecule has 3 rings (SSSR count). The zero-order valence-electron chi connectivity index (χ0n) is 12.4. The van der Waals surface area contributed by atoms with Crippen molar-refractivity contribution in [2.45, 2.75) is 39.2 Å². The van der Waals surface area contributed by atoms with Gasteiger partial charge in [0.1, 0.15) is 0 Å². The molecule has 0 bridgehead atoms. The minimum atomic E-state index is 0.185. The first kappa shape index (κ1) is 13.6. The van der Waals surface area contributed by atoms with Gasteiger partial charge in [0, 0.05) is 24.2 Å². The molecular weight excluding hydrogens is 248 g/mol. The lowest BCUT2D eigenvalue weighted by Crippen LogP contribution is -2.47. The fourth-order valence-electron chi connectivity index (χ4n) is 3.58. The number of carbonyl (C=O) groups excluding carboxylic acids is 1. The van der Waals surface area contributed by atoms with Gasteiger partial charge in [0.15, 0.2) is 0 Å². The highest BCUT2D eigenvalue weighted by Crippen LogP contribution is 2.32. The molecule has 1 aromatic rings. The van der Waals surface area contributed by atoms with Crippen molar-refractivity contribution in [3.8, 4) is 0 Å². The maximum atomic E-state index is 12.9. The zero-order valence-corrected chi connectivity index (χ0v) is 12.4. The van der Waals surface area contributed by atoms with Crippen molar-refractivity contribution in [3.63, 3.8) is 0 Å². The number of amides is 1. The van der Waals surface area contributed by atoms with E-state index in [4.69, 9.17) is 0 Å². The molecule has 3 atom stereocenters. The van der Waals surface area contributed by atoms with Crippen LogP contribution in [0.4, 0.5) is 5.69 Å². The summed E-state index contributed by atoms with van der Waals surface area (Å²) in [5.41, 5.74) is 2.46. The van der Waals surface area contributed by atoms with Crippen LogP contribution in [0.25, 0.3) is 0 Å². The van der Waals surface area contributed by atoms with E-state index < -0.39 is 0 Å². The number of para-hydroxylation sites is 1. The van der Waals surface area contributed by atoms with Crippen molar-refractivity contribution in [1.29, 1.82) is 0 Å². The quantitative estimate of drug-likeness (QED) is 0.852. The highest BCUT2D eigenvalue weighted by molar-refractivity contribution is 5.96. The predicted molar refractivity (Wildman–Crippen MR) is 81.9 cm³/mol. The van der Waals surface area contributed by atoms with Crippen LogP contribution < -0.4 is 10.2 Å². The van der Waals surface area contributed by atoms with Crippen LogP contribution in [0.15, 0.2) is 24.3 Å². The maximum absolute atomic E-state index is 12.9. The Morgan fingerprint density at radius 3 is 2.90 bits per heavy atom. The van der Waals surface area contributed by atoms with Crippen LogP contribution in [-0.4, -0.2) is 25.0 Å². The minimum absolute atomic E-state index is 0.185. The molecule has 3 nitrogen and oxygen atoms in total. The normalized spacial score (nSPS) is 29.9. The number of hydrogen-bond donors (Lipinski definition) is 1. The molecule has 2 heterocycles. The number of fused-ring (bicyclic) bond motifs is 1. The third-order valence-electron chi connectivity index (χ3n) is 4.58. The largest absolute Gasteiger partial charge is 0.314 e. The zero-order chi connectivity index (χ0) is 14.1. The number of nitrogens with one attached hydrogen (secondary N) is 1. The van der Waals surface area contributed by atoms with Gasteiger partial charge < -0.3 is 10.2 Å². The van der Waals surface area contributed by atoms with Crippen molar-refractivity contribution in [2.24, 2.45) is 11.8 Å². The van der Waals surface area contributed by atoms with Crippen LogP contribution >= 0.6 is 0 Å². The molecule has 3 heteroatoms. The number of nitrogens with zero attached hydrogens (tertiary/aromatic N) is 1. The Labute approximate surface area is 121 Å². The first-order valence-electron chi connectivity index (χ1n) is 7.78. The molecule has 1 saturated heterocycles. The Hall–Kier alpha value is -1.35. The van der Waals surface area contributed by atoms with Crippen molar-refractivity contribution in [1.82, 2.24) is 5.32 Å². The highest BCUT2D eigenvalue weighted by atomic mass is 16.2. The molecule has 3 unspecified atom stereocenters. The van der Waals surface area contributed by atoms with Crippen LogP contribution in [0, 0.1) is 11.8 Å². The maximum Gasteiger partial charge on any atom is 0.230 e. The molecule has 1 aromatic carbocycles. The summed E-state index contributed by atoms with van der Waals surface area (Å²) in [6.45, 7) is 6.24. The van der Waals surface area contributed by atoms with Crippen molar-refractivity contribution in [3.05, 3.63) is 29.8 Å². The molecule has 20 heavy (non-hydrogen) atoms. The Morgan fingerprint density at radius 2 is 2.10 bits per heavy atom. The molecule has 0 radical (unpaired) electrons. The van der Waals surface area contributed by atoms with Gasteiger partial charge in [-0.1, -0.05) is 25.1 Å². The lowest BCUT2D eigenvalue weighted by molar-refractivity contribution is -0.123. The number of benzene rings is 1. The molecule has 0 aromatic heterocycles. The first-order valence-corrected chi connectivity index (χ1v) is 7.78. The van der Waals surface area contributed by atoms with Gasteiger partial charge >= 0.3 is 0 Å². The molecule has 0 saturated carbocycles. The lowest BCUT2D eigenvalue weighted by Gasteiger charge is -2.37. The first-order chi connectivity index (χ1) is 9.65. The molecule has 1 fully saturated rings. The highest BCUT2D eigenvalue weighted by Gasteiger charge is 2.32. The third-order valence-corrected chi connectivity index (χ3v) is 4.58. The summed E-state index contributed by atoms with van der Waals surface area (Å²) in [6.07, 6.45) is 3.02. The van der Waals surface area contributed by atoms with Gasteiger partial charge in [-0.15, -0.1) is 0 Å². The number of piperidine rings is 1. The van der Waals surface area contributed by atoms with E-state index in [9.17, 15) is 4.79 Å². The summed E-state index contributed by atoms with van der Waals surface area (Å²) in [4.78, 5) is 15.0. The van der Waals surface area contributed by atoms with E-state index in [1.165, 1.54) is 5.56 Å². The molecule has 2 aliphatic heterocycles. The molecule has 1 N–H and O–H groups in total. The minimum Gasteiger partial charge on any atom is -0.314 e. The van der Waals surface area contributed by atoms with Crippen molar-refractivity contribution in [2.75, 3.05) is 18.0 Å². The van der Waals surface area contributed by atoms with Gasteiger partial charge in [0.05, 0.1) is 0 Å². The van der Waals surface area contributed by atoms with Crippen LogP contribution in [0.2, 0.25) is 0 Å². The summed E-state index contributed by atoms with van der Waals surface area (Å²) in [6, 6.07) is 8.84. The van der Waals surface area contributed by atoms with E-state index >= 15 is 0 Å². The van der Waals surface area contributed by atoms with Gasteiger partial charge in [-0.2, -0.15) is 0 Å². The lowest BCUT2D eigenvalue weighted by atomic mass is 9.88. The Bertz CT molecular complexity index is 500. The summed E-state index contributed by atoms with van der Waals surface area (Å²) >= 11 is 0. The molecule has 2 aliphatic rings. The van der Waals surface area contributed by atoms with Gasteiger partial charge in [0.25, 0.3) is 0 Å². The molecule has 0 spiro atoms.